The Balaban J connectivity index is 1.47. The van der Waals surface area contributed by atoms with Gasteiger partial charge in [0.2, 0.25) is 5.91 Å². The average Bonchev–Trinajstić information content (AvgIpc) is 3.29. The zero-order valence-electron chi connectivity index (χ0n) is 15.2. The minimum atomic E-state index is -0.500. The summed E-state index contributed by atoms with van der Waals surface area (Å²) in [6.07, 6.45) is 8.91. The molecule has 2 aromatic heterocycles. The molecule has 28 heavy (non-hydrogen) atoms. The fourth-order valence-electron chi connectivity index (χ4n) is 3.37. The Morgan fingerprint density at radius 2 is 1.89 bits per heavy atom. The average molecular weight is 376 g/mol. The predicted molar refractivity (Wildman–Crippen MR) is 103 cm³/mol. The van der Waals surface area contributed by atoms with Crippen LogP contribution in [0.15, 0.2) is 61.2 Å². The minimum Gasteiger partial charge on any atom is -0.327 e. The Labute approximate surface area is 162 Å². The number of aromatic nitrogens is 4. The molecule has 142 valence electrons. The Hall–Kier alpha value is -3.55. The zero-order chi connectivity index (χ0) is 19.3. The van der Waals surface area contributed by atoms with Gasteiger partial charge < -0.3 is 10.2 Å². The molecule has 1 saturated heterocycles. The number of likely N-dealkylation sites (tertiary alicyclic amines) is 1. The normalized spacial score (nSPS) is 16.6. The van der Waals surface area contributed by atoms with Crippen molar-refractivity contribution in [2.24, 2.45) is 0 Å². The van der Waals surface area contributed by atoms with Gasteiger partial charge >= 0.3 is 0 Å². The first kappa shape index (κ1) is 17.8. The van der Waals surface area contributed by atoms with Crippen molar-refractivity contribution in [1.29, 1.82) is 0 Å². The van der Waals surface area contributed by atoms with E-state index in [0.29, 0.717) is 24.2 Å². The van der Waals surface area contributed by atoms with Gasteiger partial charge in [-0.05, 0) is 55.7 Å². The maximum Gasteiger partial charge on any atom is 0.256 e. The van der Waals surface area contributed by atoms with E-state index in [1.807, 2.05) is 36.5 Å². The largest absolute Gasteiger partial charge is 0.327 e. The van der Waals surface area contributed by atoms with Gasteiger partial charge in [-0.1, -0.05) is 0 Å². The van der Waals surface area contributed by atoms with Gasteiger partial charge in [-0.15, -0.1) is 0 Å². The Morgan fingerprint density at radius 1 is 1.04 bits per heavy atom. The third kappa shape index (κ3) is 3.75. The van der Waals surface area contributed by atoms with E-state index in [0.717, 1.165) is 18.5 Å². The minimum absolute atomic E-state index is 0.179. The molecule has 1 aliphatic heterocycles. The van der Waals surface area contributed by atoms with Crippen LogP contribution in [0.3, 0.4) is 0 Å². The summed E-state index contributed by atoms with van der Waals surface area (Å²) in [6, 6.07) is 10.4. The van der Waals surface area contributed by atoms with Crippen LogP contribution < -0.4 is 5.32 Å². The van der Waals surface area contributed by atoms with Crippen molar-refractivity contribution in [2.75, 3.05) is 11.9 Å². The van der Waals surface area contributed by atoms with E-state index in [2.05, 4.69) is 20.6 Å². The van der Waals surface area contributed by atoms with E-state index in [-0.39, 0.29) is 11.8 Å². The number of hydrogen-bond donors (Lipinski definition) is 1. The summed E-state index contributed by atoms with van der Waals surface area (Å²) in [7, 11) is 0. The van der Waals surface area contributed by atoms with Crippen molar-refractivity contribution in [2.45, 2.75) is 25.3 Å². The van der Waals surface area contributed by atoms with E-state index in [1.54, 1.807) is 21.8 Å². The number of nitrogens with one attached hydrogen (secondary N) is 1. The first-order chi connectivity index (χ1) is 13.7. The van der Waals surface area contributed by atoms with E-state index in [1.165, 1.54) is 12.4 Å². The lowest BCUT2D eigenvalue weighted by atomic mass is 10.00. The van der Waals surface area contributed by atoms with Crippen LogP contribution in [0.1, 0.15) is 29.6 Å². The number of anilines is 1. The third-order valence-electron chi connectivity index (χ3n) is 4.80. The molecule has 8 heteroatoms. The highest BCUT2D eigenvalue weighted by Crippen LogP contribution is 2.21. The molecule has 0 saturated carbocycles. The van der Waals surface area contributed by atoms with Crippen LogP contribution in [0.4, 0.5) is 5.69 Å². The summed E-state index contributed by atoms with van der Waals surface area (Å²) in [4.78, 5) is 27.3. The Bertz CT molecular complexity index is 941. The lowest BCUT2D eigenvalue weighted by Gasteiger charge is -2.34. The van der Waals surface area contributed by atoms with Gasteiger partial charge in [-0.3, -0.25) is 9.59 Å². The molecule has 3 aromatic rings. The summed E-state index contributed by atoms with van der Waals surface area (Å²) >= 11 is 0. The zero-order valence-corrected chi connectivity index (χ0v) is 15.2. The highest BCUT2D eigenvalue weighted by molar-refractivity contribution is 6.01. The molecular formula is C20H20N6O2. The van der Waals surface area contributed by atoms with Gasteiger partial charge in [0, 0.05) is 24.6 Å². The van der Waals surface area contributed by atoms with E-state index in [9.17, 15) is 9.59 Å². The summed E-state index contributed by atoms with van der Waals surface area (Å²) in [5, 5.41) is 14.6. The molecule has 0 spiro atoms. The number of nitrogens with zero attached hydrogens (tertiary/aromatic N) is 5. The number of carbonyl (C=O) groups excluding carboxylic acids is 2. The monoisotopic (exact) mass is 376 g/mol. The molecule has 0 unspecified atom stereocenters. The number of rotatable bonds is 4. The number of amides is 2. The van der Waals surface area contributed by atoms with Gasteiger partial charge in [0.1, 0.15) is 6.04 Å². The van der Waals surface area contributed by atoms with Crippen molar-refractivity contribution < 1.29 is 9.59 Å². The van der Waals surface area contributed by atoms with Crippen molar-refractivity contribution >= 4 is 17.5 Å². The highest BCUT2D eigenvalue weighted by atomic mass is 16.2. The standard InChI is InChI=1S/C20H20N6O2/c27-19(24-16-5-7-17(8-6-16)26-13-3-10-23-26)18-4-1-2-12-25(18)20(28)15-9-11-21-22-14-15/h3,5-11,13-14,18H,1-2,4,12H2,(H,24,27)/t18-/m0/s1. The van der Waals surface area contributed by atoms with Gasteiger partial charge in [0.15, 0.2) is 0 Å². The summed E-state index contributed by atoms with van der Waals surface area (Å²) in [5.74, 6) is -0.370. The van der Waals surface area contributed by atoms with E-state index in [4.69, 9.17) is 0 Å². The SMILES string of the molecule is O=C(Nc1ccc(-n2cccn2)cc1)[C@@H]1CCCCN1C(=O)c1ccnnc1. The lowest BCUT2D eigenvalue weighted by molar-refractivity contribution is -0.121. The fourth-order valence-corrected chi connectivity index (χ4v) is 3.37. The van der Waals surface area contributed by atoms with Gasteiger partial charge in [0.05, 0.1) is 23.6 Å². The number of hydrogen-bond acceptors (Lipinski definition) is 5. The van der Waals surface area contributed by atoms with Gasteiger partial charge in [-0.25, -0.2) is 4.68 Å². The lowest BCUT2D eigenvalue weighted by Crippen LogP contribution is -2.50. The predicted octanol–water partition coefficient (Wildman–Crippen LogP) is 2.30. The van der Waals surface area contributed by atoms with Crippen LogP contribution in [-0.4, -0.2) is 49.3 Å². The molecule has 3 heterocycles. The number of carbonyl (C=O) groups is 2. The smallest absolute Gasteiger partial charge is 0.256 e. The molecule has 1 aliphatic rings. The summed E-state index contributed by atoms with van der Waals surface area (Å²) < 4.78 is 1.75. The number of piperidine rings is 1. The van der Waals surface area contributed by atoms with Crippen LogP contribution in [0.2, 0.25) is 0 Å². The molecule has 1 atom stereocenters. The van der Waals surface area contributed by atoms with Crippen molar-refractivity contribution in [3.8, 4) is 5.69 Å². The second-order valence-corrected chi connectivity index (χ2v) is 6.63. The molecule has 2 amide bonds. The van der Waals surface area contributed by atoms with Crippen LogP contribution in [0.25, 0.3) is 5.69 Å². The molecule has 1 N–H and O–H groups in total. The second-order valence-electron chi connectivity index (χ2n) is 6.63. The van der Waals surface area contributed by atoms with Crippen LogP contribution in [-0.2, 0) is 4.79 Å². The van der Waals surface area contributed by atoms with Crippen LogP contribution >= 0.6 is 0 Å². The second kappa shape index (κ2) is 7.99. The Kier molecular flexibility index (Phi) is 5.09. The maximum atomic E-state index is 12.9. The van der Waals surface area contributed by atoms with Crippen LogP contribution in [0, 0.1) is 0 Å². The molecule has 1 fully saturated rings. The topological polar surface area (TPSA) is 93.0 Å². The number of benzene rings is 1. The first-order valence-corrected chi connectivity index (χ1v) is 9.21. The van der Waals surface area contributed by atoms with Crippen LogP contribution in [0.5, 0.6) is 0 Å². The third-order valence-corrected chi connectivity index (χ3v) is 4.80. The van der Waals surface area contributed by atoms with Gasteiger partial charge in [-0.2, -0.15) is 15.3 Å². The maximum absolute atomic E-state index is 12.9. The molecule has 0 bridgehead atoms. The molecule has 0 aliphatic carbocycles. The van der Waals surface area contributed by atoms with E-state index >= 15 is 0 Å². The summed E-state index contributed by atoms with van der Waals surface area (Å²) in [6.45, 7) is 0.553. The van der Waals surface area contributed by atoms with E-state index < -0.39 is 6.04 Å². The molecule has 8 nitrogen and oxygen atoms in total. The molecule has 1 aromatic carbocycles. The molecular weight excluding hydrogens is 356 g/mol. The Morgan fingerprint density at radius 3 is 2.61 bits per heavy atom. The highest BCUT2D eigenvalue weighted by Gasteiger charge is 2.32. The molecule has 4 rings (SSSR count). The summed E-state index contributed by atoms with van der Waals surface area (Å²) in [5.41, 5.74) is 2.03. The van der Waals surface area contributed by atoms with Crippen molar-refractivity contribution in [1.82, 2.24) is 24.9 Å². The van der Waals surface area contributed by atoms with Crippen molar-refractivity contribution in [3.63, 3.8) is 0 Å². The first-order valence-electron chi connectivity index (χ1n) is 9.21. The quantitative estimate of drug-likeness (QED) is 0.754. The van der Waals surface area contributed by atoms with Gasteiger partial charge in [0.25, 0.3) is 5.91 Å². The molecule has 0 radical (unpaired) electrons. The fraction of sp³-hybridized carbons (Fsp3) is 0.250. The van der Waals surface area contributed by atoms with Crippen molar-refractivity contribution in [3.05, 3.63) is 66.7 Å².